The predicted octanol–water partition coefficient (Wildman–Crippen LogP) is 15.6. The summed E-state index contributed by atoms with van der Waals surface area (Å²) in [5.74, 6) is 1.76. The number of rotatable bonds is 7. The van der Waals surface area contributed by atoms with E-state index in [9.17, 15) is 0 Å². The molecule has 10 aromatic carbocycles. The molecular formula is C62H39N3O. The monoisotopic (exact) mass is 841 g/mol. The van der Waals surface area contributed by atoms with Crippen LogP contribution in [0.3, 0.4) is 0 Å². The molecule has 1 aliphatic carbocycles. The van der Waals surface area contributed by atoms with Crippen molar-refractivity contribution in [3.63, 3.8) is 0 Å². The van der Waals surface area contributed by atoms with E-state index in [1.807, 2.05) is 18.2 Å². The second kappa shape index (κ2) is 15.2. The third-order valence-corrected chi connectivity index (χ3v) is 13.4. The quantitative estimate of drug-likeness (QED) is 0.160. The molecular weight excluding hydrogens is 803 g/mol. The molecule has 0 aliphatic heterocycles. The van der Waals surface area contributed by atoms with Crippen molar-refractivity contribution in [3.8, 4) is 67.5 Å². The van der Waals surface area contributed by atoms with Crippen molar-refractivity contribution in [1.29, 1.82) is 0 Å². The summed E-state index contributed by atoms with van der Waals surface area (Å²) < 4.78 is 6.38. The summed E-state index contributed by atoms with van der Waals surface area (Å²) in [7, 11) is 0. The van der Waals surface area contributed by atoms with Crippen molar-refractivity contribution in [3.05, 3.63) is 259 Å². The highest BCUT2D eigenvalue weighted by molar-refractivity contribution is 6.05. The zero-order chi connectivity index (χ0) is 43.6. The van der Waals surface area contributed by atoms with Gasteiger partial charge in [0.2, 0.25) is 0 Å². The van der Waals surface area contributed by atoms with Crippen molar-refractivity contribution < 1.29 is 4.42 Å². The Morgan fingerprint density at radius 1 is 0.288 bits per heavy atom. The van der Waals surface area contributed by atoms with Crippen molar-refractivity contribution in [2.24, 2.45) is 0 Å². The van der Waals surface area contributed by atoms with Gasteiger partial charge in [-0.25, -0.2) is 15.0 Å². The van der Waals surface area contributed by atoms with Crippen molar-refractivity contribution >= 4 is 32.7 Å². The maximum atomic E-state index is 6.38. The lowest BCUT2D eigenvalue weighted by Crippen LogP contribution is -2.28. The molecule has 13 rings (SSSR count). The van der Waals surface area contributed by atoms with Crippen molar-refractivity contribution in [1.82, 2.24) is 15.0 Å². The van der Waals surface area contributed by atoms with E-state index in [-0.39, 0.29) is 0 Å². The topological polar surface area (TPSA) is 51.8 Å². The number of aromatic nitrogens is 3. The predicted molar refractivity (Wildman–Crippen MR) is 269 cm³/mol. The van der Waals surface area contributed by atoms with Gasteiger partial charge in [0.15, 0.2) is 17.5 Å². The molecule has 1 aliphatic rings. The number of benzene rings is 10. The first-order valence-corrected chi connectivity index (χ1v) is 22.4. The summed E-state index contributed by atoms with van der Waals surface area (Å²) in [6, 6.07) is 84.2. The first kappa shape index (κ1) is 37.8. The standard InChI is InChI=1S/C62H39N3O/c1-3-15-40(16-4-1)42-29-30-45-36-43(31-32-44(45)35-42)41-17-13-18-46(37-41)59-63-60(65-61(64-59)48-33-34-54-53-25-9-12-28-57(53)66-58(54)39-48)47-19-14-22-50(38-47)62(49-20-5-2-6-21-49)55-26-10-7-23-51(55)52-24-8-11-27-56(52)62/h1-39H. The maximum absolute atomic E-state index is 6.38. The van der Waals surface area contributed by atoms with Gasteiger partial charge in [-0.3, -0.25) is 0 Å². The van der Waals surface area contributed by atoms with Gasteiger partial charge in [-0.05, 0) is 109 Å². The normalized spacial score (nSPS) is 12.7. The van der Waals surface area contributed by atoms with Gasteiger partial charge in [0.05, 0.1) is 5.41 Å². The molecule has 0 bridgehead atoms. The highest BCUT2D eigenvalue weighted by Gasteiger charge is 2.46. The van der Waals surface area contributed by atoms with E-state index in [0.29, 0.717) is 17.5 Å². The lowest BCUT2D eigenvalue weighted by atomic mass is 9.67. The van der Waals surface area contributed by atoms with E-state index in [2.05, 4.69) is 218 Å². The van der Waals surface area contributed by atoms with Crippen LogP contribution < -0.4 is 0 Å². The summed E-state index contributed by atoms with van der Waals surface area (Å²) in [4.78, 5) is 15.9. The molecule has 66 heavy (non-hydrogen) atoms. The van der Waals surface area contributed by atoms with E-state index in [4.69, 9.17) is 19.4 Å². The smallest absolute Gasteiger partial charge is 0.164 e. The van der Waals surface area contributed by atoms with Crippen LogP contribution in [0.2, 0.25) is 0 Å². The molecule has 0 saturated carbocycles. The van der Waals surface area contributed by atoms with E-state index in [1.54, 1.807) is 0 Å². The van der Waals surface area contributed by atoms with Crippen LogP contribution in [0.15, 0.2) is 241 Å². The number of furan rings is 1. The summed E-state index contributed by atoms with van der Waals surface area (Å²) in [5, 5.41) is 4.52. The van der Waals surface area contributed by atoms with Gasteiger partial charge in [-0.1, -0.05) is 194 Å². The zero-order valence-corrected chi connectivity index (χ0v) is 35.8. The van der Waals surface area contributed by atoms with Gasteiger partial charge >= 0.3 is 0 Å². The van der Waals surface area contributed by atoms with Gasteiger partial charge in [-0.2, -0.15) is 0 Å². The largest absolute Gasteiger partial charge is 0.456 e. The fourth-order valence-electron chi connectivity index (χ4n) is 10.3. The van der Waals surface area contributed by atoms with Gasteiger partial charge in [0.1, 0.15) is 11.2 Å². The number of fused-ring (bicyclic) bond motifs is 7. The van der Waals surface area contributed by atoms with Gasteiger partial charge < -0.3 is 4.42 Å². The van der Waals surface area contributed by atoms with Gasteiger partial charge in [-0.15, -0.1) is 0 Å². The summed E-state index contributed by atoms with van der Waals surface area (Å²) >= 11 is 0. The Balaban J connectivity index is 0.971. The minimum Gasteiger partial charge on any atom is -0.456 e. The van der Waals surface area contributed by atoms with Gasteiger partial charge in [0, 0.05) is 27.5 Å². The molecule has 0 spiro atoms. The minimum absolute atomic E-state index is 0.563. The van der Waals surface area contributed by atoms with E-state index in [0.717, 1.165) is 55.3 Å². The average Bonchev–Trinajstić information content (AvgIpc) is 3.92. The van der Waals surface area contributed by atoms with Crippen LogP contribution in [0.25, 0.3) is 100 Å². The maximum Gasteiger partial charge on any atom is 0.164 e. The molecule has 4 heteroatoms. The molecule has 0 fully saturated rings. The molecule has 2 heterocycles. The lowest BCUT2D eigenvalue weighted by molar-refractivity contribution is 0.669. The fraction of sp³-hybridized carbons (Fsp3) is 0.0161. The molecule has 0 unspecified atom stereocenters. The molecule has 308 valence electrons. The Bertz CT molecular complexity index is 3790. The van der Waals surface area contributed by atoms with Crippen molar-refractivity contribution in [2.45, 2.75) is 5.41 Å². The summed E-state index contributed by atoms with van der Waals surface area (Å²) in [5.41, 5.74) is 15.7. The number of nitrogens with zero attached hydrogens (tertiary/aromatic N) is 3. The minimum atomic E-state index is -0.563. The molecule has 0 saturated heterocycles. The SMILES string of the molecule is c1ccc(-c2ccc3cc(-c4cccc(-c5nc(-c6cccc(C7(c8ccccc8)c8ccccc8-c8ccccc87)c6)nc(-c6ccc7c(c6)oc6ccccc67)n5)c4)ccc3c2)cc1. The first-order chi connectivity index (χ1) is 32.7. The van der Waals surface area contributed by atoms with Crippen LogP contribution in [0.5, 0.6) is 0 Å². The second-order valence-electron chi connectivity index (χ2n) is 17.1. The molecule has 0 N–H and O–H groups in total. The van der Waals surface area contributed by atoms with Crippen LogP contribution in [0.1, 0.15) is 22.3 Å². The van der Waals surface area contributed by atoms with Gasteiger partial charge in [0.25, 0.3) is 0 Å². The molecule has 2 aromatic heterocycles. The van der Waals surface area contributed by atoms with Crippen LogP contribution in [0, 0.1) is 0 Å². The third-order valence-electron chi connectivity index (χ3n) is 13.4. The van der Waals surface area contributed by atoms with E-state index < -0.39 is 5.41 Å². The highest BCUT2D eigenvalue weighted by Crippen LogP contribution is 2.56. The molecule has 4 nitrogen and oxygen atoms in total. The Morgan fingerprint density at radius 3 is 1.45 bits per heavy atom. The van der Waals surface area contributed by atoms with Crippen LogP contribution in [-0.2, 0) is 5.41 Å². The highest BCUT2D eigenvalue weighted by atomic mass is 16.3. The second-order valence-corrected chi connectivity index (χ2v) is 17.1. The number of hydrogen-bond acceptors (Lipinski definition) is 4. The Hall–Kier alpha value is -8.73. The molecule has 0 radical (unpaired) electrons. The molecule has 12 aromatic rings. The first-order valence-electron chi connectivity index (χ1n) is 22.4. The Kier molecular flexibility index (Phi) is 8.72. The van der Waals surface area contributed by atoms with Crippen LogP contribution >= 0.6 is 0 Å². The third kappa shape index (κ3) is 6.11. The molecule has 0 amide bonds. The lowest BCUT2D eigenvalue weighted by Gasteiger charge is -2.34. The van der Waals surface area contributed by atoms with Crippen molar-refractivity contribution in [2.75, 3.05) is 0 Å². The van der Waals surface area contributed by atoms with Crippen LogP contribution in [0.4, 0.5) is 0 Å². The van der Waals surface area contributed by atoms with E-state index in [1.165, 1.54) is 49.7 Å². The Labute approximate surface area is 382 Å². The van der Waals surface area contributed by atoms with Crippen LogP contribution in [-0.4, -0.2) is 15.0 Å². The Morgan fingerprint density at radius 2 is 0.758 bits per heavy atom. The summed E-state index contributed by atoms with van der Waals surface area (Å²) in [6.07, 6.45) is 0. The zero-order valence-electron chi connectivity index (χ0n) is 35.8. The number of hydrogen-bond donors (Lipinski definition) is 0. The number of para-hydroxylation sites is 1. The fourth-order valence-corrected chi connectivity index (χ4v) is 10.3. The molecule has 0 atom stereocenters. The summed E-state index contributed by atoms with van der Waals surface area (Å²) in [6.45, 7) is 0. The average molecular weight is 842 g/mol. The van der Waals surface area contributed by atoms with E-state index >= 15 is 0 Å².